The highest BCUT2D eigenvalue weighted by Gasteiger charge is 2.02. The summed E-state index contributed by atoms with van der Waals surface area (Å²) in [6.45, 7) is 8.24. The molecule has 2 rings (SSSR count). The second-order valence-corrected chi connectivity index (χ2v) is 5.52. The minimum atomic E-state index is -0.436. The Balaban J connectivity index is 1.91. The lowest BCUT2D eigenvalue weighted by atomic mass is 9.99. The van der Waals surface area contributed by atoms with Crippen molar-refractivity contribution in [3.8, 4) is 16.9 Å². The zero-order chi connectivity index (χ0) is 16.7. The average molecular weight is 310 g/mol. The van der Waals surface area contributed by atoms with Crippen LogP contribution in [0, 0.1) is 0 Å². The molecule has 0 aromatic heterocycles. The fourth-order valence-corrected chi connectivity index (χ4v) is 2.16. The molecule has 0 aliphatic carbocycles. The molecule has 0 saturated heterocycles. The summed E-state index contributed by atoms with van der Waals surface area (Å²) in [5, 5.41) is 0. The second-order valence-electron chi connectivity index (χ2n) is 5.52. The molecule has 23 heavy (non-hydrogen) atoms. The summed E-state index contributed by atoms with van der Waals surface area (Å²) in [6.07, 6.45) is 1.14. The molecular formula is C20H22O3. The Morgan fingerprint density at radius 1 is 1.00 bits per heavy atom. The Kier molecular flexibility index (Phi) is 5.98. The maximum Gasteiger partial charge on any atom is 0.330 e. The van der Waals surface area contributed by atoms with Crippen LogP contribution in [-0.2, 0) is 9.53 Å². The number of hydrogen-bond acceptors (Lipinski definition) is 3. The van der Waals surface area contributed by atoms with Crippen molar-refractivity contribution in [1.29, 1.82) is 0 Å². The molecule has 0 saturated carbocycles. The number of carbonyl (C=O) groups is 1. The van der Waals surface area contributed by atoms with Gasteiger partial charge in [0.25, 0.3) is 0 Å². The van der Waals surface area contributed by atoms with E-state index in [2.05, 4.69) is 44.7 Å². The van der Waals surface area contributed by atoms with Crippen LogP contribution in [0.4, 0.5) is 0 Å². The van der Waals surface area contributed by atoms with E-state index in [0.717, 1.165) is 17.4 Å². The van der Waals surface area contributed by atoms with Crippen molar-refractivity contribution in [2.75, 3.05) is 13.2 Å². The fourth-order valence-electron chi connectivity index (χ4n) is 2.16. The molecule has 0 bridgehead atoms. The van der Waals surface area contributed by atoms with Gasteiger partial charge >= 0.3 is 5.97 Å². The van der Waals surface area contributed by atoms with Gasteiger partial charge in [-0.05, 0) is 34.7 Å². The molecule has 0 unspecified atom stereocenters. The van der Waals surface area contributed by atoms with E-state index in [1.54, 1.807) is 0 Å². The van der Waals surface area contributed by atoms with Crippen molar-refractivity contribution in [2.24, 2.45) is 0 Å². The summed E-state index contributed by atoms with van der Waals surface area (Å²) >= 11 is 0. The standard InChI is InChI=1S/C20H22O3/c1-4-20(21)23-14-13-22-19-11-9-18(10-12-19)17-7-5-16(6-8-17)15(2)3/h4-12,15H,1,13-14H2,2-3H3. The first-order chi connectivity index (χ1) is 11.1. The quantitative estimate of drug-likeness (QED) is 0.426. The van der Waals surface area contributed by atoms with Crippen LogP contribution < -0.4 is 4.74 Å². The van der Waals surface area contributed by atoms with Crippen molar-refractivity contribution in [2.45, 2.75) is 19.8 Å². The third kappa shape index (κ3) is 4.99. The Morgan fingerprint density at radius 2 is 1.57 bits per heavy atom. The molecule has 0 heterocycles. The van der Waals surface area contributed by atoms with Crippen LogP contribution in [0.1, 0.15) is 25.3 Å². The molecule has 2 aromatic carbocycles. The Hall–Kier alpha value is -2.55. The fraction of sp³-hybridized carbons (Fsp3) is 0.250. The van der Waals surface area contributed by atoms with Crippen molar-refractivity contribution < 1.29 is 14.3 Å². The highest BCUT2D eigenvalue weighted by Crippen LogP contribution is 2.24. The third-order valence-electron chi connectivity index (χ3n) is 3.53. The lowest BCUT2D eigenvalue weighted by Gasteiger charge is -2.09. The molecule has 0 atom stereocenters. The summed E-state index contributed by atoms with van der Waals surface area (Å²) in [4.78, 5) is 10.9. The number of ether oxygens (including phenoxy) is 2. The van der Waals surface area contributed by atoms with E-state index < -0.39 is 5.97 Å². The first-order valence-corrected chi connectivity index (χ1v) is 7.72. The van der Waals surface area contributed by atoms with E-state index in [1.807, 2.05) is 24.3 Å². The van der Waals surface area contributed by atoms with Gasteiger partial charge in [-0.3, -0.25) is 0 Å². The van der Waals surface area contributed by atoms with Gasteiger partial charge in [0.1, 0.15) is 19.0 Å². The van der Waals surface area contributed by atoms with Gasteiger partial charge in [0.2, 0.25) is 0 Å². The Bertz CT molecular complexity index is 640. The van der Waals surface area contributed by atoms with Gasteiger partial charge in [0.15, 0.2) is 0 Å². The van der Waals surface area contributed by atoms with E-state index in [-0.39, 0.29) is 6.61 Å². The molecule has 3 heteroatoms. The van der Waals surface area contributed by atoms with Gasteiger partial charge in [-0.2, -0.15) is 0 Å². The molecule has 0 N–H and O–H groups in total. The van der Waals surface area contributed by atoms with Crippen LogP contribution in [0.3, 0.4) is 0 Å². The SMILES string of the molecule is C=CC(=O)OCCOc1ccc(-c2ccc(C(C)C)cc2)cc1. The van der Waals surface area contributed by atoms with Crippen LogP contribution in [0.5, 0.6) is 5.75 Å². The molecule has 2 aromatic rings. The largest absolute Gasteiger partial charge is 0.490 e. The molecule has 0 fully saturated rings. The van der Waals surface area contributed by atoms with Gasteiger partial charge in [-0.15, -0.1) is 0 Å². The molecule has 0 aliphatic heterocycles. The van der Waals surface area contributed by atoms with Crippen molar-refractivity contribution in [3.63, 3.8) is 0 Å². The lowest BCUT2D eigenvalue weighted by molar-refractivity contribution is -0.138. The van der Waals surface area contributed by atoms with Gasteiger partial charge < -0.3 is 9.47 Å². The van der Waals surface area contributed by atoms with Crippen LogP contribution in [0.2, 0.25) is 0 Å². The average Bonchev–Trinajstić information content (AvgIpc) is 2.59. The first kappa shape index (κ1) is 16.8. The van der Waals surface area contributed by atoms with E-state index in [4.69, 9.17) is 9.47 Å². The van der Waals surface area contributed by atoms with Crippen LogP contribution in [0.25, 0.3) is 11.1 Å². The van der Waals surface area contributed by atoms with Gasteiger partial charge in [-0.1, -0.05) is 56.8 Å². The number of carbonyl (C=O) groups excluding carboxylic acids is 1. The minimum Gasteiger partial charge on any atom is -0.490 e. The molecule has 0 spiro atoms. The van der Waals surface area contributed by atoms with E-state index in [0.29, 0.717) is 12.5 Å². The predicted molar refractivity (Wildman–Crippen MR) is 92.6 cm³/mol. The third-order valence-corrected chi connectivity index (χ3v) is 3.53. The monoisotopic (exact) mass is 310 g/mol. The van der Waals surface area contributed by atoms with Crippen LogP contribution in [-0.4, -0.2) is 19.2 Å². The van der Waals surface area contributed by atoms with Crippen molar-refractivity contribution in [1.82, 2.24) is 0 Å². The summed E-state index contributed by atoms with van der Waals surface area (Å²) in [5.74, 6) is 0.853. The second kappa shape index (κ2) is 8.18. The van der Waals surface area contributed by atoms with Gasteiger partial charge in [0.05, 0.1) is 0 Å². The highest BCUT2D eigenvalue weighted by molar-refractivity contribution is 5.81. The van der Waals surface area contributed by atoms with Crippen LogP contribution in [0.15, 0.2) is 61.2 Å². The molecule has 0 radical (unpaired) electrons. The van der Waals surface area contributed by atoms with E-state index in [9.17, 15) is 4.79 Å². The predicted octanol–water partition coefficient (Wildman–Crippen LogP) is 4.59. The zero-order valence-electron chi connectivity index (χ0n) is 13.6. The summed E-state index contributed by atoms with van der Waals surface area (Å²) < 4.78 is 10.4. The van der Waals surface area contributed by atoms with Crippen molar-refractivity contribution in [3.05, 3.63) is 66.7 Å². The van der Waals surface area contributed by atoms with Crippen LogP contribution >= 0.6 is 0 Å². The molecule has 0 aliphatic rings. The molecular weight excluding hydrogens is 288 g/mol. The number of benzene rings is 2. The zero-order valence-corrected chi connectivity index (χ0v) is 13.6. The summed E-state index contributed by atoms with van der Waals surface area (Å²) in [7, 11) is 0. The summed E-state index contributed by atoms with van der Waals surface area (Å²) in [6, 6.07) is 16.5. The minimum absolute atomic E-state index is 0.212. The van der Waals surface area contributed by atoms with Crippen molar-refractivity contribution >= 4 is 5.97 Å². The van der Waals surface area contributed by atoms with E-state index in [1.165, 1.54) is 11.1 Å². The normalized spacial score (nSPS) is 10.4. The highest BCUT2D eigenvalue weighted by atomic mass is 16.6. The number of hydrogen-bond donors (Lipinski definition) is 0. The lowest BCUT2D eigenvalue weighted by Crippen LogP contribution is -2.10. The molecule has 0 amide bonds. The van der Waals surface area contributed by atoms with Gasteiger partial charge in [-0.25, -0.2) is 4.79 Å². The molecule has 3 nitrogen and oxygen atoms in total. The maximum absolute atomic E-state index is 10.9. The Labute approximate surface area is 137 Å². The van der Waals surface area contributed by atoms with Gasteiger partial charge in [0, 0.05) is 6.08 Å². The Morgan fingerprint density at radius 3 is 2.09 bits per heavy atom. The maximum atomic E-state index is 10.9. The number of rotatable bonds is 7. The van der Waals surface area contributed by atoms with E-state index >= 15 is 0 Å². The first-order valence-electron chi connectivity index (χ1n) is 7.72. The molecule has 120 valence electrons. The topological polar surface area (TPSA) is 35.5 Å². The number of esters is 1. The smallest absolute Gasteiger partial charge is 0.330 e. The summed E-state index contributed by atoms with van der Waals surface area (Å²) in [5.41, 5.74) is 3.66.